The predicted molar refractivity (Wildman–Crippen MR) is 120 cm³/mol. The van der Waals surface area contributed by atoms with Crippen LogP contribution >= 0.6 is 11.8 Å². The fourth-order valence-corrected chi connectivity index (χ4v) is 4.00. The first-order valence-electron chi connectivity index (χ1n) is 9.68. The van der Waals surface area contributed by atoms with Crippen LogP contribution in [0.3, 0.4) is 0 Å². The maximum absolute atomic E-state index is 12.6. The molecule has 158 valence electrons. The van der Waals surface area contributed by atoms with Gasteiger partial charge in [0.05, 0.1) is 31.7 Å². The van der Waals surface area contributed by atoms with E-state index in [0.29, 0.717) is 5.75 Å². The SMILES string of the molecule is COc1ccc(OC)c(C(C)NC(=O)CSc2nccn2-c2cc(C)ccc2C)c1. The van der Waals surface area contributed by atoms with E-state index in [1.807, 2.05) is 35.9 Å². The van der Waals surface area contributed by atoms with Crippen LogP contribution in [0.25, 0.3) is 5.69 Å². The zero-order chi connectivity index (χ0) is 21.7. The molecular formula is C23H27N3O3S. The van der Waals surface area contributed by atoms with Crippen LogP contribution in [-0.4, -0.2) is 35.4 Å². The van der Waals surface area contributed by atoms with Crippen molar-refractivity contribution >= 4 is 17.7 Å². The second kappa shape index (κ2) is 9.71. The van der Waals surface area contributed by atoms with Crippen molar-refractivity contribution in [1.29, 1.82) is 0 Å². The number of nitrogens with zero attached hydrogens (tertiary/aromatic N) is 2. The number of nitrogens with one attached hydrogen (secondary N) is 1. The zero-order valence-electron chi connectivity index (χ0n) is 17.9. The molecule has 0 bridgehead atoms. The molecular weight excluding hydrogens is 398 g/mol. The van der Waals surface area contributed by atoms with Crippen LogP contribution in [-0.2, 0) is 4.79 Å². The highest BCUT2D eigenvalue weighted by Crippen LogP contribution is 2.29. The minimum Gasteiger partial charge on any atom is -0.497 e. The summed E-state index contributed by atoms with van der Waals surface area (Å²) in [7, 11) is 3.23. The van der Waals surface area contributed by atoms with Crippen molar-refractivity contribution in [3.05, 3.63) is 65.5 Å². The third-order valence-electron chi connectivity index (χ3n) is 4.84. The number of aromatic nitrogens is 2. The van der Waals surface area contributed by atoms with Crippen LogP contribution in [0.5, 0.6) is 11.5 Å². The van der Waals surface area contributed by atoms with Gasteiger partial charge in [0.1, 0.15) is 11.5 Å². The molecule has 0 aliphatic carbocycles. The number of rotatable bonds is 8. The third kappa shape index (κ3) is 4.97. The van der Waals surface area contributed by atoms with Crippen LogP contribution in [0.1, 0.15) is 29.7 Å². The van der Waals surface area contributed by atoms with Crippen LogP contribution < -0.4 is 14.8 Å². The summed E-state index contributed by atoms with van der Waals surface area (Å²) in [6.07, 6.45) is 3.68. The van der Waals surface area contributed by atoms with E-state index >= 15 is 0 Å². The first-order valence-corrected chi connectivity index (χ1v) is 10.7. The Morgan fingerprint density at radius 3 is 2.70 bits per heavy atom. The highest BCUT2D eigenvalue weighted by molar-refractivity contribution is 7.99. The van der Waals surface area contributed by atoms with Crippen molar-refractivity contribution in [2.45, 2.75) is 32.0 Å². The van der Waals surface area contributed by atoms with Crippen LogP contribution in [0.15, 0.2) is 53.9 Å². The number of benzene rings is 2. The van der Waals surface area contributed by atoms with Crippen molar-refractivity contribution in [1.82, 2.24) is 14.9 Å². The lowest BCUT2D eigenvalue weighted by Gasteiger charge is -2.18. The fourth-order valence-electron chi connectivity index (χ4n) is 3.23. The summed E-state index contributed by atoms with van der Waals surface area (Å²) in [5, 5.41) is 3.81. The van der Waals surface area contributed by atoms with Gasteiger partial charge in [-0.3, -0.25) is 9.36 Å². The minimum atomic E-state index is -0.220. The normalized spacial score (nSPS) is 11.8. The molecule has 1 aromatic heterocycles. The second-order valence-corrected chi connectivity index (χ2v) is 8.00. The summed E-state index contributed by atoms with van der Waals surface area (Å²) < 4.78 is 12.7. The maximum atomic E-state index is 12.6. The monoisotopic (exact) mass is 425 g/mol. The number of hydrogen-bond donors (Lipinski definition) is 1. The summed E-state index contributed by atoms with van der Waals surface area (Å²) in [5.41, 5.74) is 4.28. The number of carbonyl (C=O) groups excluding carboxylic acids is 1. The van der Waals surface area contributed by atoms with Gasteiger partial charge in [0, 0.05) is 18.0 Å². The largest absolute Gasteiger partial charge is 0.497 e. The molecule has 30 heavy (non-hydrogen) atoms. The van der Waals surface area contributed by atoms with Crippen molar-refractivity contribution < 1.29 is 14.3 Å². The average Bonchev–Trinajstić information content (AvgIpc) is 3.21. The summed E-state index contributed by atoms with van der Waals surface area (Å²) in [6, 6.07) is 11.6. The fraction of sp³-hybridized carbons (Fsp3) is 0.304. The Labute approximate surface area is 181 Å². The van der Waals surface area contributed by atoms with Crippen molar-refractivity contribution in [3.8, 4) is 17.2 Å². The lowest BCUT2D eigenvalue weighted by Crippen LogP contribution is -2.28. The van der Waals surface area contributed by atoms with E-state index in [0.717, 1.165) is 27.7 Å². The molecule has 1 unspecified atom stereocenters. The van der Waals surface area contributed by atoms with Gasteiger partial charge in [0.25, 0.3) is 0 Å². The highest BCUT2D eigenvalue weighted by atomic mass is 32.2. The van der Waals surface area contributed by atoms with Crippen molar-refractivity contribution in [2.24, 2.45) is 0 Å². The van der Waals surface area contributed by atoms with Gasteiger partial charge in [0.2, 0.25) is 5.91 Å². The minimum absolute atomic E-state index is 0.0760. The predicted octanol–water partition coefficient (Wildman–Crippen LogP) is 4.48. The van der Waals surface area contributed by atoms with Crippen molar-refractivity contribution in [3.63, 3.8) is 0 Å². The number of thioether (sulfide) groups is 1. The Hall–Kier alpha value is -2.93. The molecule has 0 radical (unpaired) electrons. The molecule has 1 amide bonds. The van der Waals surface area contributed by atoms with Gasteiger partial charge in [-0.15, -0.1) is 0 Å². The molecule has 0 saturated heterocycles. The van der Waals surface area contributed by atoms with Gasteiger partial charge in [-0.1, -0.05) is 23.9 Å². The zero-order valence-corrected chi connectivity index (χ0v) is 18.7. The Morgan fingerprint density at radius 2 is 1.97 bits per heavy atom. The van der Waals surface area contributed by atoms with Crippen LogP contribution in [0.2, 0.25) is 0 Å². The molecule has 0 spiro atoms. The van der Waals surface area contributed by atoms with Crippen LogP contribution in [0.4, 0.5) is 0 Å². The topological polar surface area (TPSA) is 65.4 Å². The Bertz CT molecular complexity index is 1030. The Kier molecular flexibility index (Phi) is 7.05. The van der Waals surface area contributed by atoms with Gasteiger partial charge < -0.3 is 14.8 Å². The van der Waals surface area contributed by atoms with Gasteiger partial charge >= 0.3 is 0 Å². The molecule has 1 N–H and O–H groups in total. The smallest absolute Gasteiger partial charge is 0.230 e. The number of aryl methyl sites for hydroxylation is 2. The summed E-state index contributed by atoms with van der Waals surface area (Å²) in [6.45, 7) is 6.06. The molecule has 7 heteroatoms. The van der Waals surface area contributed by atoms with Crippen molar-refractivity contribution in [2.75, 3.05) is 20.0 Å². The van der Waals surface area contributed by atoms with E-state index in [2.05, 4.69) is 42.3 Å². The van der Waals surface area contributed by atoms with Gasteiger partial charge in [-0.05, 0) is 56.2 Å². The first kappa shape index (κ1) is 21.8. The standard InChI is InChI=1S/C23H27N3O3S/c1-15-6-7-16(2)20(12-15)26-11-10-24-23(26)30-14-22(27)25-17(3)19-13-18(28-4)8-9-21(19)29-5/h6-13,17H,14H2,1-5H3,(H,25,27). The third-order valence-corrected chi connectivity index (χ3v) is 5.81. The van der Waals surface area contributed by atoms with E-state index in [9.17, 15) is 4.79 Å². The molecule has 1 heterocycles. The number of hydrogen-bond acceptors (Lipinski definition) is 5. The molecule has 1 atom stereocenters. The van der Waals surface area contributed by atoms with E-state index < -0.39 is 0 Å². The second-order valence-electron chi connectivity index (χ2n) is 7.06. The quantitative estimate of drug-likeness (QED) is 0.539. The molecule has 0 aliphatic rings. The maximum Gasteiger partial charge on any atom is 0.230 e. The first-order chi connectivity index (χ1) is 14.4. The molecule has 0 fully saturated rings. The number of methoxy groups -OCH3 is 2. The lowest BCUT2D eigenvalue weighted by atomic mass is 10.1. The average molecular weight is 426 g/mol. The Balaban J connectivity index is 1.68. The summed E-state index contributed by atoms with van der Waals surface area (Å²) >= 11 is 1.41. The molecule has 6 nitrogen and oxygen atoms in total. The van der Waals surface area contributed by atoms with E-state index in [-0.39, 0.29) is 17.7 Å². The molecule has 0 aliphatic heterocycles. The summed E-state index contributed by atoms with van der Waals surface area (Å²) in [5.74, 6) is 1.62. The van der Waals surface area contributed by atoms with Crippen LogP contribution in [0, 0.1) is 13.8 Å². The lowest BCUT2D eigenvalue weighted by molar-refractivity contribution is -0.119. The van der Waals surface area contributed by atoms with Gasteiger partial charge in [-0.25, -0.2) is 4.98 Å². The molecule has 3 aromatic rings. The Morgan fingerprint density at radius 1 is 1.17 bits per heavy atom. The van der Waals surface area contributed by atoms with E-state index in [1.165, 1.54) is 17.3 Å². The van der Waals surface area contributed by atoms with E-state index in [4.69, 9.17) is 9.47 Å². The molecule has 3 rings (SSSR count). The molecule has 2 aromatic carbocycles. The molecule has 0 saturated carbocycles. The van der Waals surface area contributed by atoms with Gasteiger partial charge in [0.15, 0.2) is 5.16 Å². The number of ether oxygens (including phenoxy) is 2. The van der Waals surface area contributed by atoms with E-state index in [1.54, 1.807) is 20.4 Å². The highest BCUT2D eigenvalue weighted by Gasteiger charge is 2.17. The number of carbonyl (C=O) groups is 1. The number of imidazole rings is 1. The number of amides is 1. The summed E-state index contributed by atoms with van der Waals surface area (Å²) in [4.78, 5) is 17.0. The van der Waals surface area contributed by atoms with Gasteiger partial charge in [-0.2, -0.15) is 0 Å².